The minimum Gasteiger partial charge on any atom is -0.480 e. The highest BCUT2D eigenvalue weighted by atomic mass is 32.1. The number of nitrogens with zero attached hydrogens (tertiary/aromatic N) is 2. The van der Waals surface area contributed by atoms with Gasteiger partial charge in [0, 0.05) is 17.0 Å². The van der Waals surface area contributed by atoms with E-state index in [0.29, 0.717) is 11.7 Å². The topological polar surface area (TPSA) is 94.6 Å². The number of rotatable bonds is 8. The van der Waals surface area contributed by atoms with Crippen LogP contribution in [-0.2, 0) is 17.6 Å². The predicted molar refractivity (Wildman–Crippen MR) is 106 cm³/mol. The van der Waals surface area contributed by atoms with E-state index in [4.69, 9.17) is 5.11 Å². The van der Waals surface area contributed by atoms with Crippen molar-refractivity contribution in [3.63, 3.8) is 0 Å². The van der Waals surface area contributed by atoms with Crippen molar-refractivity contribution in [2.75, 3.05) is 18.4 Å². The fraction of sp³-hybridized carbons (Fsp3) is 0.737. The van der Waals surface area contributed by atoms with Gasteiger partial charge in [0.1, 0.15) is 0 Å². The first-order chi connectivity index (χ1) is 13.0. The van der Waals surface area contributed by atoms with Crippen molar-refractivity contribution in [3.8, 4) is 0 Å². The maximum Gasteiger partial charge on any atom is 0.321 e. The lowest BCUT2D eigenvalue weighted by atomic mass is 9.85. The summed E-state index contributed by atoms with van der Waals surface area (Å²) in [5.41, 5.74) is 1.15. The lowest BCUT2D eigenvalue weighted by Gasteiger charge is -2.42. The van der Waals surface area contributed by atoms with Gasteiger partial charge in [0.15, 0.2) is 5.13 Å². The van der Waals surface area contributed by atoms with Crippen LogP contribution >= 0.6 is 11.3 Å². The highest BCUT2D eigenvalue weighted by molar-refractivity contribution is 7.15. The number of carboxylic acids is 1. The predicted octanol–water partition coefficient (Wildman–Crippen LogP) is 3.11. The number of carbonyl (C=O) groups excluding carboxylic acids is 1. The van der Waals surface area contributed by atoms with E-state index in [2.05, 4.69) is 22.5 Å². The number of fused-ring (bicyclic) bond motifs is 1. The summed E-state index contributed by atoms with van der Waals surface area (Å²) in [6.45, 7) is 4.96. The van der Waals surface area contributed by atoms with Gasteiger partial charge < -0.3 is 10.4 Å². The third kappa shape index (κ3) is 5.19. The first-order valence-corrected chi connectivity index (χ1v) is 10.8. The van der Waals surface area contributed by atoms with Crippen molar-refractivity contribution in [1.29, 1.82) is 0 Å². The van der Waals surface area contributed by atoms with Crippen molar-refractivity contribution in [1.82, 2.24) is 15.2 Å². The zero-order chi connectivity index (χ0) is 19.4. The Bertz CT molecular complexity index is 672. The van der Waals surface area contributed by atoms with Crippen LogP contribution in [0.4, 0.5) is 9.93 Å². The second kappa shape index (κ2) is 9.01. The van der Waals surface area contributed by atoms with Crippen LogP contribution in [0, 0.1) is 5.92 Å². The van der Waals surface area contributed by atoms with Gasteiger partial charge in [-0.1, -0.05) is 26.7 Å². The molecule has 2 amide bonds. The van der Waals surface area contributed by atoms with E-state index in [0.717, 1.165) is 37.3 Å². The summed E-state index contributed by atoms with van der Waals surface area (Å²) < 4.78 is 0. The molecule has 0 spiro atoms. The summed E-state index contributed by atoms with van der Waals surface area (Å²) in [5.74, 6) is -0.0521. The molecule has 150 valence electrons. The van der Waals surface area contributed by atoms with E-state index in [-0.39, 0.29) is 24.7 Å². The molecule has 1 aromatic rings. The number of aryl methyl sites for hydroxylation is 1. The molecule has 1 heterocycles. The van der Waals surface area contributed by atoms with Crippen LogP contribution < -0.4 is 10.6 Å². The van der Waals surface area contributed by atoms with E-state index in [9.17, 15) is 9.59 Å². The Hall–Kier alpha value is -1.67. The molecule has 1 unspecified atom stereocenters. The van der Waals surface area contributed by atoms with E-state index < -0.39 is 5.97 Å². The number of carboxylic acid groups (broad SMARTS) is 1. The number of hydrogen-bond donors (Lipinski definition) is 3. The second-order valence-corrected chi connectivity index (χ2v) is 8.75. The highest BCUT2D eigenvalue weighted by Crippen LogP contribution is 2.34. The zero-order valence-corrected chi connectivity index (χ0v) is 17.0. The van der Waals surface area contributed by atoms with Gasteiger partial charge in [0.05, 0.1) is 12.2 Å². The van der Waals surface area contributed by atoms with Gasteiger partial charge in [-0.2, -0.15) is 0 Å². The number of anilines is 1. The molecule has 0 aromatic carbocycles. The van der Waals surface area contributed by atoms with Gasteiger partial charge in [0.25, 0.3) is 0 Å². The molecule has 1 saturated carbocycles. The van der Waals surface area contributed by atoms with Crippen molar-refractivity contribution in [2.24, 2.45) is 5.92 Å². The lowest BCUT2D eigenvalue weighted by Crippen LogP contribution is -2.55. The average Bonchev–Trinajstić information content (AvgIpc) is 2.97. The monoisotopic (exact) mass is 394 g/mol. The number of aliphatic carboxylic acids is 1. The molecule has 7 nitrogen and oxygen atoms in total. The summed E-state index contributed by atoms with van der Waals surface area (Å²) in [6, 6.07) is 0.122. The zero-order valence-electron chi connectivity index (χ0n) is 16.2. The number of hydrogen-bond acceptors (Lipinski definition) is 5. The molecular formula is C19H30N4O3S. The molecule has 3 rings (SSSR count). The Labute approximate surface area is 164 Å². The van der Waals surface area contributed by atoms with Crippen LogP contribution in [0.2, 0.25) is 0 Å². The van der Waals surface area contributed by atoms with Gasteiger partial charge >= 0.3 is 12.0 Å². The van der Waals surface area contributed by atoms with Gasteiger partial charge in [-0.15, -0.1) is 11.3 Å². The molecule has 8 heteroatoms. The fourth-order valence-electron chi connectivity index (χ4n) is 4.15. The van der Waals surface area contributed by atoms with Crippen LogP contribution in [0.1, 0.15) is 56.5 Å². The Kier molecular flexibility index (Phi) is 6.70. The molecule has 27 heavy (non-hydrogen) atoms. The van der Waals surface area contributed by atoms with Crippen molar-refractivity contribution < 1.29 is 14.7 Å². The number of nitrogens with one attached hydrogen (secondary N) is 2. The molecule has 2 aliphatic rings. The maximum atomic E-state index is 12.3. The SMILES string of the molecule is CCCC1CCc2nc(NC(=O)NC3CC(N(CC)CC(=O)O)C3)sc2C1. The Morgan fingerprint density at radius 2 is 2.11 bits per heavy atom. The van der Waals surface area contributed by atoms with E-state index in [1.165, 1.54) is 24.1 Å². The Morgan fingerprint density at radius 1 is 1.33 bits per heavy atom. The number of likely N-dealkylation sites (N-methyl/N-ethyl adjacent to an activating group) is 1. The number of thiazole rings is 1. The molecule has 0 aliphatic heterocycles. The Balaban J connectivity index is 1.44. The minimum atomic E-state index is -0.806. The van der Waals surface area contributed by atoms with Crippen LogP contribution in [0.15, 0.2) is 0 Å². The van der Waals surface area contributed by atoms with E-state index >= 15 is 0 Å². The van der Waals surface area contributed by atoms with Crippen LogP contribution in [0.5, 0.6) is 0 Å². The second-order valence-electron chi connectivity index (χ2n) is 7.66. The summed E-state index contributed by atoms with van der Waals surface area (Å²) in [4.78, 5) is 31.0. The third-order valence-corrected chi connectivity index (χ3v) is 6.70. The molecule has 1 fully saturated rings. The number of amides is 2. The lowest BCUT2D eigenvalue weighted by molar-refractivity contribution is -0.139. The fourth-order valence-corrected chi connectivity index (χ4v) is 5.26. The normalized spacial score (nSPS) is 24.2. The molecule has 2 aliphatic carbocycles. The molecule has 0 radical (unpaired) electrons. The van der Waals surface area contributed by atoms with Crippen LogP contribution in [0.25, 0.3) is 0 Å². The molecule has 0 bridgehead atoms. The van der Waals surface area contributed by atoms with Crippen LogP contribution in [0.3, 0.4) is 0 Å². The first-order valence-electron chi connectivity index (χ1n) is 10.00. The van der Waals surface area contributed by atoms with Gasteiger partial charge in [-0.3, -0.25) is 15.0 Å². The van der Waals surface area contributed by atoms with Crippen molar-refractivity contribution in [3.05, 3.63) is 10.6 Å². The summed E-state index contributed by atoms with van der Waals surface area (Å²) in [5, 5.41) is 15.5. The Morgan fingerprint density at radius 3 is 2.78 bits per heavy atom. The average molecular weight is 395 g/mol. The van der Waals surface area contributed by atoms with E-state index in [1.54, 1.807) is 11.3 Å². The number of carbonyl (C=O) groups is 2. The first kappa shape index (κ1) is 20.1. The third-order valence-electron chi connectivity index (χ3n) is 5.67. The number of aromatic nitrogens is 1. The summed E-state index contributed by atoms with van der Waals surface area (Å²) in [6.07, 6.45) is 7.37. The largest absolute Gasteiger partial charge is 0.480 e. The highest BCUT2D eigenvalue weighted by Gasteiger charge is 2.34. The summed E-state index contributed by atoms with van der Waals surface area (Å²) in [7, 11) is 0. The van der Waals surface area contributed by atoms with Crippen LogP contribution in [-0.4, -0.2) is 52.2 Å². The molecule has 1 aromatic heterocycles. The van der Waals surface area contributed by atoms with Gasteiger partial charge in [-0.25, -0.2) is 9.78 Å². The number of urea groups is 1. The minimum absolute atomic E-state index is 0.0593. The summed E-state index contributed by atoms with van der Waals surface area (Å²) >= 11 is 1.61. The van der Waals surface area contributed by atoms with Crippen molar-refractivity contribution >= 4 is 28.5 Å². The van der Waals surface area contributed by atoms with Gasteiger partial charge in [-0.05, 0) is 44.6 Å². The molecule has 0 saturated heterocycles. The maximum absolute atomic E-state index is 12.3. The molecule has 3 N–H and O–H groups in total. The quantitative estimate of drug-likeness (QED) is 0.630. The standard InChI is InChI=1S/C19H30N4O3S/c1-3-5-12-6-7-15-16(8-12)27-19(21-15)22-18(26)20-13-9-14(10-13)23(4-2)11-17(24)25/h12-14H,3-11H2,1-2H3,(H,24,25)(H2,20,21,22,26). The van der Waals surface area contributed by atoms with Gasteiger partial charge in [0.2, 0.25) is 0 Å². The van der Waals surface area contributed by atoms with E-state index in [1.807, 2.05) is 11.8 Å². The molecule has 1 atom stereocenters. The smallest absolute Gasteiger partial charge is 0.321 e. The molecular weight excluding hydrogens is 364 g/mol. The van der Waals surface area contributed by atoms with Crippen molar-refractivity contribution in [2.45, 2.75) is 70.9 Å².